The topological polar surface area (TPSA) is 49.4 Å². The van der Waals surface area contributed by atoms with Crippen LogP contribution in [0.1, 0.15) is 0 Å². The molecule has 6 heteroatoms. The van der Waals surface area contributed by atoms with Gasteiger partial charge in [0.1, 0.15) is 6.54 Å². The van der Waals surface area contributed by atoms with Crippen molar-refractivity contribution in [3.63, 3.8) is 0 Å². The number of carbonyl (C=O) groups is 2. The normalized spacial score (nSPS) is 15.1. The number of anilines is 1. The van der Waals surface area contributed by atoms with Gasteiger partial charge in [-0.05, 0) is 28.1 Å². The molecule has 1 aliphatic heterocycles. The summed E-state index contributed by atoms with van der Waals surface area (Å²) in [5.74, 6) is 0.926. The third-order valence-corrected chi connectivity index (χ3v) is 3.94. The molecule has 0 radical (unpaired) electrons. The lowest BCUT2D eigenvalue weighted by molar-refractivity contribution is -0.130. The maximum Gasteiger partial charge on any atom is 0.244 e. The SMILES string of the molecule is O=C(CN1CSCC1=O)Nc1ccccc1Br. The van der Waals surface area contributed by atoms with Gasteiger partial charge < -0.3 is 10.2 Å². The fourth-order valence-electron chi connectivity index (χ4n) is 1.47. The van der Waals surface area contributed by atoms with Gasteiger partial charge in [0.25, 0.3) is 0 Å². The smallest absolute Gasteiger partial charge is 0.244 e. The van der Waals surface area contributed by atoms with Gasteiger partial charge in [-0.25, -0.2) is 0 Å². The minimum Gasteiger partial charge on any atom is -0.324 e. The largest absolute Gasteiger partial charge is 0.324 e. The molecule has 1 fully saturated rings. The molecule has 0 spiro atoms. The van der Waals surface area contributed by atoms with Crippen LogP contribution in [0, 0.1) is 0 Å². The molecule has 90 valence electrons. The van der Waals surface area contributed by atoms with Crippen LogP contribution in [0.2, 0.25) is 0 Å². The average Bonchev–Trinajstić information content (AvgIpc) is 2.68. The van der Waals surface area contributed by atoms with E-state index in [0.717, 1.165) is 10.2 Å². The molecule has 1 aliphatic rings. The van der Waals surface area contributed by atoms with E-state index in [1.165, 1.54) is 11.8 Å². The lowest BCUT2D eigenvalue weighted by atomic mass is 10.3. The zero-order valence-electron chi connectivity index (χ0n) is 8.98. The summed E-state index contributed by atoms with van der Waals surface area (Å²) in [4.78, 5) is 24.6. The van der Waals surface area contributed by atoms with Crippen LogP contribution in [0.4, 0.5) is 5.69 Å². The Labute approximate surface area is 112 Å². The third-order valence-electron chi connectivity index (χ3n) is 2.31. The summed E-state index contributed by atoms with van der Waals surface area (Å²) < 4.78 is 0.829. The van der Waals surface area contributed by atoms with Gasteiger partial charge >= 0.3 is 0 Å². The Hall–Kier alpha value is -1.01. The van der Waals surface area contributed by atoms with Crippen molar-refractivity contribution in [3.05, 3.63) is 28.7 Å². The first-order chi connectivity index (χ1) is 8.16. The second kappa shape index (κ2) is 5.55. The first-order valence-corrected chi connectivity index (χ1v) is 7.01. The summed E-state index contributed by atoms with van der Waals surface area (Å²) in [7, 11) is 0. The zero-order valence-corrected chi connectivity index (χ0v) is 11.4. The van der Waals surface area contributed by atoms with Crippen LogP contribution in [0.25, 0.3) is 0 Å². The summed E-state index contributed by atoms with van der Waals surface area (Å²) in [5, 5.41) is 2.77. The first kappa shape index (κ1) is 12.4. The summed E-state index contributed by atoms with van der Waals surface area (Å²) in [5.41, 5.74) is 0.719. The maximum absolute atomic E-state index is 11.7. The molecule has 1 aromatic rings. The van der Waals surface area contributed by atoms with Crippen LogP contribution in [-0.2, 0) is 9.59 Å². The highest BCUT2D eigenvalue weighted by Gasteiger charge is 2.22. The Morgan fingerprint density at radius 3 is 2.88 bits per heavy atom. The molecule has 17 heavy (non-hydrogen) atoms. The highest BCUT2D eigenvalue weighted by molar-refractivity contribution is 9.10. The fourth-order valence-corrected chi connectivity index (χ4v) is 2.75. The van der Waals surface area contributed by atoms with E-state index < -0.39 is 0 Å². The van der Waals surface area contributed by atoms with E-state index in [1.807, 2.05) is 24.3 Å². The lowest BCUT2D eigenvalue weighted by Gasteiger charge is -2.14. The molecular weight excluding hydrogens is 304 g/mol. The van der Waals surface area contributed by atoms with Gasteiger partial charge in [0, 0.05) is 4.47 Å². The van der Waals surface area contributed by atoms with Gasteiger partial charge in [-0.3, -0.25) is 9.59 Å². The molecule has 0 saturated carbocycles. The van der Waals surface area contributed by atoms with Crippen LogP contribution in [0.15, 0.2) is 28.7 Å². The van der Waals surface area contributed by atoms with Gasteiger partial charge in [-0.15, -0.1) is 11.8 Å². The maximum atomic E-state index is 11.7. The van der Waals surface area contributed by atoms with Crippen molar-refractivity contribution in [3.8, 4) is 0 Å². The molecule has 1 heterocycles. The van der Waals surface area contributed by atoms with E-state index in [4.69, 9.17) is 0 Å². The number of thioether (sulfide) groups is 1. The van der Waals surface area contributed by atoms with E-state index in [9.17, 15) is 9.59 Å². The minimum absolute atomic E-state index is 0.0253. The Balaban J connectivity index is 1.93. The van der Waals surface area contributed by atoms with Crippen LogP contribution in [0.3, 0.4) is 0 Å². The Morgan fingerprint density at radius 1 is 1.47 bits per heavy atom. The molecular formula is C11H11BrN2O2S. The van der Waals surface area contributed by atoms with Gasteiger partial charge in [-0.1, -0.05) is 12.1 Å². The van der Waals surface area contributed by atoms with E-state index in [1.54, 1.807) is 4.90 Å². The van der Waals surface area contributed by atoms with Crippen LogP contribution in [0.5, 0.6) is 0 Å². The van der Waals surface area contributed by atoms with Crippen molar-refractivity contribution in [2.24, 2.45) is 0 Å². The van der Waals surface area contributed by atoms with Crippen LogP contribution in [-0.4, -0.2) is 34.9 Å². The Morgan fingerprint density at radius 2 is 2.24 bits per heavy atom. The van der Waals surface area contributed by atoms with Crippen molar-refractivity contribution in [1.82, 2.24) is 4.90 Å². The van der Waals surface area contributed by atoms with Crippen molar-refractivity contribution in [2.75, 3.05) is 23.5 Å². The van der Waals surface area contributed by atoms with Crippen LogP contribution >= 0.6 is 27.7 Å². The molecule has 0 bridgehead atoms. The number of rotatable bonds is 3. The average molecular weight is 315 g/mol. The van der Waals surface area contributed by atoms with E-state index >= 15 is 0 Å². The Kier molecular flexibility index (Phi) is 4.06. The molecule has 1 saturated heterocycles. The third kappa shape index (κ3) is 3.23. The molecule has 1 N–H and O–H groups in total. The van der Waals surface area contributed by atoms with Gasteiger partial charge in [0.05, 0.1) is 17.3 Å². The monoisotopic (exact) mass is 314 g/mol. The first-order valence-electron chi connectivity index (χ1n) is 5.07. The second-order valence-electron chi connectivity index (χ2n) is 3.60. The number of para-hydroxylation sites is 1. The number of amides is 2. The fraction of sp³-hybridized carbons (Fsp3) is 0.273. The summed E-state index contributed by atoms with van der Waals surface area (Å²) >= 11 is 4.88. The standard InChI is InChI=1S/C11H11BrN2O2S/c12-8-3-1-2-4-9(8)13-10(15)5-14-7-17-6-11(14)16/h1-4H,5-7H2,(H,13,15). The minimum atomic E-state index is -0.173. The molecule has 0 atom stereocenters. The van der Waals surface area contributed by atoms with Gasteiger partial charge in [-0.2, -0.15) is 0 Å². The molecule has 0 unspecified atom stereocenters. The zero-order chi connectivity index (χ0) is 12.3. The number of benzene rings is 1. The van der Waals surface area contributed by atoms with E-state index in [2.05, 4.69) is 21.2 Å². The number of nitrogens with zero attached hydrogens (tertiary/aromatic N) is 1. The number of hydrogen-bond donors (Lipinski definition) is 1. The molecule has 2 rings (SSSR count). The summed E-state index contributed by atoms with van der Waals surface area (Å²) in [6.07, 6.45) is 0. The highest BCUT2D eigenvalue weighted by atomic mass is 79.9. The molecule has 1 aromatic carbocycles. The predicted molar refractivity (Wildman–Crippen MR) is 71.8 cm³/mol. The van der Waals surface area contributed by atoms with Crippen molar-refractivity contribution in [1.29, 1.82) is 0 Å². The highest BCUT2D eigenvalue weighted by Crippen LogP contribution is 2.21. The number of halogens is 1. The van der Waals surface area contributed by atoms with E-state index in [-0.39, 0.29) is 18.4 Å². The van der Waals surface area contributed by atoms with Crippen LogP contribution < -0.4 is 5.32 Å². The molecule has 4 nitrogen and oxygen atoms in total. The summed E-state index contributed by atoms with van der Waals surface area (Å²) in [6.45, 7) is 0.118. The molecule has 2 amide bonds. The Bertz CT molecular complexity index is 453. The number of hydrogen-bond acceptors (Lipinski definition) is 3. The lowest BCUT2D eigenvalue weighted by Crippen LogP contribution is -2.34. The van der Waals surface area contributed by atoms with Gasteiger partial charge in [0.15, 0.2) is 0 Å². The number of carbonyl (C=O) groups excluding carboxylic acids is 2. The van der Waals surface area contributed by atoms with Gasteiger partial charge in [0.2, 0.25) is 11.8 Å². The number of nitrogens with one attached hydrogen (secondary N) is 1. The predicted octanol–water partition coefficient (Wildman–Crippen LogP) is 1.92. The second-order valence-corrected chi connectivity index (χ2v) is 5.41. The van der Waals surface area contributed by atoms with E-state index in [0.29, 0.717) is 11.6 Å². The molecule has 0 aliphatic carbocycles. The summed E-state index contributed by atoms with van der Waals surface area (Å²) in [6, 6.07) is 7.38. The molecule has 0 aromatic heterocycles. The van der Waals surface area contributed by atoms with Crippen molar-refractivity contribution < 1.29 is 9.59 Å². The van der Waals surface area contributed by atoms with Crippen molar-refractivity contribution >= 4 is 45.2 Å². The van der Waals surface area contributed by atoms with Crippen molar-refractivity contribution in [2.45, 2.75) is 0 Å². The quantitative estimate of drug-likeness (QED) is 0.927.